The van der Waals surface area contributed by atoms with Crippen molar-refractivity contribution in [2.24, 2.45) is 0 Å². The van der Waals surface area contributed by atoms with Crippen LogP contribution >= 0.6 is 23.1 Å². The van der Waals surface area contributed by atoms with Crippen LogP contribution in [0.2, 0.25) is 0 Å². The fourth-order valence-corrected chi connectivity index (χ4v) is 9.28. The van der Waals surface area contributed by atoms with E-state index in [1.54, 1.807) is 0 Å². The number of nitrogens with zero attached hydrogens (tertiary/aromatic N) is 1. The molecule has 0 aliphatic heterocycles. The quantitative estimate of drug-likeness (QED) is 0.145. The van der Waals surface area contributed by atoms with Crippen molar-refractivity contribution >= 4 is 70.8 Å². The Morgan fingerprint density at radius 1 is 0.532 bits per heavy atom. The summed E-state index contributed by atoms with van der Waals surface area (Å²) in [6, 6.07) is 56.6. The van der Waals surface area contributed by atoms with Gasteiger partial charge in [-0.2, -0.15) is 0 Å². The van der Waals surface area contributed by atoms with E-state index in [0.29, 0.717) is 0 Å². The molecule has 2 N–H and O–H groups in total. The van der Waals surface area contributed by atoms with Crippen LogP contribution in [-0.4, -0.2) is 4.57 Å². The van der Waals surface area contributed by atoms with Crippen molar-refractivity contribution in [3.8, 4) is 27.9 Å². The van der Waals surface area contributed by atoms with Crippen molar-refractivity contribution in [3.63, 3.8) is 0 Å². The predicted octanol–water partition coefficient (Wildman–Crippen LogP) is 12.4. The molecule has 0 unspecified atom stereocenters. The van der Waals surface area contributed by atoms with E-state index in [-0.39, 0.29) is 0 Å². The van der Waals surface area contributed by atoms with E-state index in [4.69, 9.17) is 5.73 Å². The first-order valence-electron chi connectivity index (χ1n) is 15.8. The van der Waals surface area contributed by atoms with Crippen LogP contribution in [0.15, 0.2) is 163 Å². The third-order valence-electron chi connectivity index (χ3n) is 9.10. The summed E-state index contributed by atoms with van der Waals surface area (Å²) in [6.45, 7) is 0. The van der Waals surface area contributed by atoms with E-state index in [2.05, 4.69) is 162 Å². The van der Waals surface area contributed by atoms with Gasteiger partial charge in [0.1, 0.15) is 0 Å². The maximum Gasteiger partial charge on any atom is 0.0547 e. The molecule has 2 heterocycles. The summed E-state index contributed by atoms with van der Waals surface area (Å²) in [5, 5.41) is 5.10. The molecule has 2 nitrogen and oxygen atoms in total. The molecule has 224 valence electrons. The molecule has 9 aromatic rings. The highest BCUT2D eigenvalue weighted by Gasteiger charge is 2.19. The Labute approximate surface area is 281 Å². The number of nitrogens with two attached hydrogens (primary N) is 1. The Kier molecular flexibility index (Phi) is 6.85. The van der Waals surface area contributed by atoms with Crippen molar-refractivity contribution in [3.05, 3.63) is 163 Å². The maximum absolute atomic E-state index is 7.02. The number of para-hydroxylation sites is 2. The highest BCUT2D eigenvalue weighted by Crippen LogP contribution is 2.47. The smallest absolute Gasteiger partial charge is 0.0547 e. The minimum absolute atomic E-state index is 0.833. The molecule has 0 amide bonds. The third kappa shape index (κ3) is 4.72. The standard InChI is InChI=1S/C43H30N2S2/c44-42-35(29-12-3-1-4-13-29)26-39-41(34-17-8-10-21-38(34)47-39)43(42)46-27-28-22-24-30(25-23-28)32-18-11-20-37-40(32)33-16-7-9-19-36(33)45(37)31-14-5-2-6-15-31/h1-26H,27,44H2. The van der Waals surface area contributed by atoms with Gasteiger partial charge in [0, 0.05) is 52.8 Å². The first kappa shape index (κ1) is 28.0. The Hall–Kier alpha value is -5.29. The lowest BCUT2D eigenvalue weighted by Crippen LogP contribution is -1.95. The van der Waals surface area contributed by atoms with Crippen LogP contribution in [-0.2, 0) is 5.75 Å². The second-order valence-electron chi connectivity index (χ2n) is 11.9. The number of aromatic nitrogens is 1. The predicted molar refractivity (Wildman–Crippen MR) is 205 cm³/mol. The average molecular weight is 639 g/mol. The van der Waals surface area contributed by atoms with Gasteiger partial charge in [-0.05, 0) is 58.7 Å². The molecule has 0 saturated carbocycles. The van der Waals surface area contributed by atoms with Crippen LogP contribution in [0.1, 0.15) is 5.56 Å². The van der Waals surface area contributed by atoms with Gasteiger partial charge in [-0.25, -0.2) is 0 Å². The molecule has 47 heavy (non-hydrogen) atoms. The lowest BCUT2D eigenvalue weighted by atomic mass is 9.99. The van der Waals surface area contributed by atoms with Crippen molar-refractivity contribution < 1.29 is 0 Å². The minimum atomic E-state index is 0.833. The first-order chi connectivity index (χ1) is 23.2. The van der Waals surface area contributed by atoms with Crippen molar-refractivity contribution in [2.45, 2.75) is 10.6 Å². The Morgan fingerprint density at radius 3 is 2.00 bits per heavy atom. The summed E-state index contributed by atoms with van der Waals surface area (Å²) >= 11 is 3.69. The van der Waals surface area contributed by atoms with Gasteiger partial charge in [0.05, 0.1) is 16.7 Å². The monoisotopic (exact) mass is 638 g/mol. The topological polar surface area (TPSA) is 30.9 Å². The summed E-state index contributed by atoms with van der Waals surface area (Å²) < 4.78 is 4.95. The van der Waals surface area contributed by atoms with E-state index < -0.39 is 0 Å². The SMILES string of the molecule is Nc1c(-c2ccccc2)cc2sc3ccccc3c2c1SCc1ccc(-c2cccc3c2c2ccccc2n3-c2ccccc2)cc1. The third-order valence-corrected chi connectivity index (χ3v) is 11.4. The van der Waals surface area contributed by atoms with Gasteiger partial charge >= 0.3 is 0 Å². The molecule has 0 spiro atoms. The van der Waals surface area contributed by atoms with Crippen molar-refractivity contribution in [2.75, 3.05) is 5.73 Å². The second kappa shape index (κ2) is 11.5. The summed E-state index contributed by atoms with van der Waals surface area (Å²) in [7, 11) is 0. The fraction of sp³-hybridized carbons (Fsp3) is 0.0233. The van der Waals surface area contributed by atoms with Crippen LogP contribution in [0.5, 0.6) is 0 Å². The van der Waals surface area contributed by atoms with E-state index in [0.717, 1.165) is 22.6 Å². The number of fused-ring (bicyclic) bond motifs is 6. The van der Waals surface area contributed by atoms with Crippen LogP contribution in [0.3, 0.4) is 0 Å². The molecule has 0 aliphatic carbocycles. The molecule has 4 heteroatoms. The molecule has 0 fully saturated rings. The maximum atomic E-state index is 7.02. The summed E-state index contributed by atoms with van der Waals surface area (Å²) in [5.74, 6) is 0.833. The first-order valence-corrected chi connectivity index (χ1v) is 17.6. The van der Waals surface area contributed by atoms with Gasteiger partial charge in [0.25, 0.3) is 0 Å². The Bertz CT molecular complexity index is 2560. The summed E-state index contributed by atoms with van der Waals surface area (Å²) in [4.78, 5) is 1.17. The number of hydrogen-bond acceptors (Lipinski definition) is 3. The molecule has 9 rings (SSSR count). The number of thiophene rings is 1. The van der Waals surface area contributed by atoms with Gasteiger partial charge in [-0.1, -0.05) is 121 Å². The molecular weight excluding hydrogens is 609 g/mol. The van der Waals surface area contributed by atoms with E-state index in [9.17, 15) is 0 Å². The summed E-state index contributed by atoms with van der Waals surface area (Å²) in [6.07, 6.45) is 0. The molecule has 0 saturated heterocycles. The Balaban J connectivity index is 1.10. The zero-order chi connectivity index (χ0) is 31.3. The normalized spacial score (nSPS) is 11.7. The number of thioether (sulfide) groups is 1. The van der Waals surface area contributed by atoms with E-state index in [1.165, 1.54) is 69.3 Å². The number of hydrogen-bond donors (Lipinski definition) is 1. The molecular formula is C43H30N2S2. The lowest BCUT2D eigenvalue weighted by Gasteiger charge is -2.14. The van der Waals surface area contributed by atoms with Crippen LogP contribution in [0.25, 0.3) is 69.9 Å². The Morgan fingerprint density at radius 2 is 1.19 bits per heavy atom. The zero-order valence-corrected chi connectivity index (χ0v) is 27.2. The van der Waals surface area contributed by atoms with E-state index in [1.807, 2.05) is 23.1 Å². The van der Waals surface area contributed by atoms with Crippen LogP contribution < -0.4 is 5.73 Å². The molecule has 0 bridgehead atoms. The van der Waals surface area contributed by atoms with Gasteiger partial charge in [-0.3, -0.25) is 0 Å². The van der Waals surface area contributed by atoms with Gasteiger partial charge in [-0.15, -0.1) is 23.1 Å². The number of nitrogen functional groups attached to an aromatic ring is 1. The highest BCUT2D eigenvalue weighted by atomic mass is 32.2. The molecule has 7 aromatic carbocycles. The minimum Gasteiger partial charge on any atom is -0.397 e. The van der Waals surface area contributed by atoms with Crippen LogP contribution in [0.4, 0.5) is 5.69 Å². The van der Waals surface area contributed by atoms with Gasteiger partial charge < -0.3 is 10.3 Å². The fourth-order valence-electron chi connectivity index (χ4n) is 6.92. The summed E-state index contributed by atoms with van der Waals surface area (Å²) in [5.41, 5.74) is 17.5. The molecule has 0 atom stereocenters. The largest absolute Gasteiger partial charge is 0.397 e. The highest BCUT2D eigenvalue weighted by molar-refractivity contribution is 7.99. The van der Waals surface area contributed by atoms with Crippen molar-refractivity contribution in [1.29, 1.82) is 0 Å². The van der Waals surface area contributed by atoms with Crippen molar-refractivity contribution in [1.82, 2.24) is 4.57 Å². The molecule has 0 radical (unpaired) electrons. The molecule has 0 aliphatic rings. The number of benzene rings is 7. The van der Waals surface area contributed by atoms with Gasteiger partial charge in [0.15, 0.2) is 0 Å². The molecule has 2 aromatic heterocycles. The van der Waals surface area contributed by atoms with Crippen LogP contribution in [0, 0.1) is 0 Å². The zero-order valence-electron chi connectivity index (χ0n) is 25.6. The average Bonchev–Trinajstić information content (AvgIpc) is 3.68. The number of anilines is 1. The number of rotatable bonds is 6. The van der Waals surface area contributed by atoms with Gasteiger partial charge in [0.2, 0.25) is 0 Å². The van der Waals surface area contributed by atoms with E-state index >= 15 is 0 Å². The lowest BCUT2D eigenvalue weighted by molar-refractivity contribution is 1.18. The second-order valence-corrected chi connectivity index (χ2v) is 13.9.